The van der Waals surface area contributed by atoms with Gasteiger partial charge in [0, 0.05) is 58.4 Å². The Morgan fingerprint density at radius 2 is 1.87 bits per heavy atom. The fourth-order valence-corrected chi connectivity index (χ4v) is 4.53. The van der Waals surface area contributed by atoms with Crippen molar-refractivity contribution in [2.45, 2.75) is 57.4 Å². The minimum atomic E-state index is 0.265. The molecular formula is C24H39N5O. The van der Waals surface area contributed by atoms with Crippen molar-refractivity contribution in [3.8, 4) is 0 Å². The molecule has 1 aromatic carbocycles. The van der Waals surface area contributed by atoms with Crippen LogP contribution in [-0.4, -0.2) is 63.6 Å². The lowest BCUT2D eigenvalue weighted by Crippen LogP contribution is -2.45. The number of carbonyl (C=O) groups excluding carboxylic acids is 1. The summed E-state index contributed by atoms with van der Waals surface area (Å²) in [6, 6.07) is 9.05. The molecular weight excluding hydrogens is 374 g/mol. The van der Waals surface area contributed by atoms with Crippen LogP contribution in [0.5, 0.6) is 0 Å². The molecule has 1 amide bonds. The van der Waals surface area contributed by atoms with Crippen LogP contribution in [0.25, 0.3) is 0 Å². The first-order valence-electron chi connectivity index (χ1n) is 11.6. The summed E-state index contributed by atoms with van der Waals surface area (Å²) in [6.45, 7) is 2.55. The number of carbonyl (C=O) groups is 1. The highest BCUT2D eigenvalue weighted by atomic mass is 16.2. The number of benzene rings is 1. The van der Waals surface area contributed by atoms with Crippen LogP contribution >= 0.6 is 0 Å². The van der Waals surface area contributed by atoms with Gasteiger partial charge < -0.3 is 20.4 Å². The molecule has 0 spiro atoms. The highest BCUT2D eigenvalue weighted by Gasteiger charge is 2.31. The largest absolute Gasteiger partial charge is 0.378 e. The van der Waals surface area contributed by atoms with Crippen LogP contribution in [0.1, 0.15) is 50.5 Å². The van der Waals surface area contributed by atoms with Gasteiger partial charge in [0.1, 0.15) is 0 Å². The smallest absolute Gasteiger partial charge is 0.225 e. The molecule has 0 radical (unpaired) electrons. The summed E-state index contributed by atoms with van der Waals surface area (Å²) in [5, 5.41) is 6.94. The van der Waals surface area contributed by atoms with Crippen molar-refractivity contribution < 1.29 is 4.79 Å². The average Bonchev–Trinajstić information content (AvgIpc) is 3.24. The number of rotatable bonds is 7. The van der Waals surface area contributed by atoms with Crippen molar-refractivity contribution in [1.82, 2.24) is 15.5 Å². The van der Waals surface area contributed by atoms with Gasteiger partial charge in [-0.2, -0.15) is 0 Å². The Morgan fingerprint density at radius 3 is 2.53 bits per heavy atom. The van der Waals surface area contributed by atoms with Crippen molar-refractivity contribution in [3.05, 3.63) is 29.8 Å². The van der Waals surface area contributed by atoms with Crippen LogP contribution in [0, 0.1) is 5.92 Å². The lowest BCUT2D eigenvalue weighted by atomic mass is 9.88. The highest BCUT2D eigenvalue weighted by molar-refractivity contribution is 5.81. The molecule has 1 aromatic rings. The van der Waals surface area contributed by atoms with Gasteiger partial charge in [0.05, 0.1) is 0 Å². The van der Waals surface area contributed by atoms with Gasteiger partial charge in [0.25, 0.3) is 0 Å². The predicted molar refractivity (Wildman–Crippen MR) is 125 cm³/mol. The van der Waals surface area contributed by atoms with Crippen LogP contribution in [0.3, 0.4) is 0 Å². The zero-order valence-corrected chi connectivity index (χ0v) is 19.0. The number of nitrogens with one attached hydrogen (secondary N) is 2. The molecule has 6 nitrogen and oxygen atoms in total. The molecule has 1 unspecified atom stereocenters. The van der Waals surface area contributed by atoms with E-state index in [1.165, 1.54) is 30.5 Å². The number of anilines is 1. The van der Waals surface area contributed by atoms with Gasteiger partial charge in [-0.1, -0.05) is 31.4 Å². The second kappa shape index (κ2) is 11.2. The minimum absolute atomic E-state index is 0.265. The molecule has 0 aromatic heterocycles. The third-order valence-electron chi connectivity index (χ3n) is 6.41. The number of aliphatic imine (C=N–C) groups is 1. The molecule has 2 aliphatic rings. The fourth-order valence-electron chi connectivity index (χ4n) is 4.53. The summed E-state index contributed by atoms with van der Waals surface area (Å²) in [6.07, 6.45) is 8.96. The van der Waals surface area contributed by atoms with E-state index in [2.05, 4.69) is 63.8 Å². The predicted octanol–water partition coefficient (Wildman–Crippen LogP) is 3.03. The third kappa shape index (κ3) is 6.38. The van der Waals surface area contributed by atoms with Gasteiger partial charge in [-0.3, -0.25) is 9.79 Å². The normalized spacial score (nSPS) is 20.3. The van der Waals surface area contributed by atoms with Crippen LogP contribution in [-0.2, 0) is 11.2 Å². The molecule has 1 heterocycles. The quantitative estimate of drug-likeness (QED) is 0.410. The van der Waals surface area contributed by atoms with E-state index in [-0.39, 0.29) is 5.92 Å². The number of hydrogen-bond acceptors (Lipinski definition) is 3. The summed E-state index contributed by atoms with van der Waals surface area (Å²) in [7, 11) is 5.94. The molecule has 1 saturated heterocycles. The molecule has 30 heavy (non-hydrogen) atoms. The van der Waals surface area contributed by atoms with Gasteiger partial charge in [0.2, 0.25) is 5.91 Å². The van der Waals surface area contributed by atoms with E-state index in [9.17, 15) is 4.79 Å². The maximum Gasteiger partial charge on any atom is 0.225 e. The number of amides is 1. The van der Waals surface area contributed by atoms with Crippen molar-refractivity contribution in [1.29, 1.82) is 0 Å². The number of aryl methyl sites for hydroxylation is 1. The Morgan fingerprint density at radius 1 is 1.13 bits per heavy atom. The van der Waals surface area contributed by atoms with Crippen molar-refractivity contribution >= 4 is 17.6 Å². The molecule has 166 valence electrons. The maximum absolute atomic E-state index is 12.8. The molecule has 1 aliphatic carbocycles. The van der Waals surface area contributed by atoms with E-state index in [0.29, 0.717) is 11.9 Å². The monoisotopic (exact) mass is 413 g/mol. The molecule has 1 saturated carbocycles. The van der Waals surface area contributed by atoms with E-state index in [1.807, 2.05) is 7.05 Å². The van der Waals surface area contributed by atoms with E-state index in [1.54, 1.807) is 0 Å². The lowest BCUT2D eigenvalue weighted by Gasteiger charge is -2.26. The van der Waals surface area contributed by atoms with Gasteiger partial charge in [-0.25, -0.2) is 0 Å². The van der Waals surface area contributed by atoms with Gasteiger partial charge >= 0.3 is 0 Å². The van der Waals surface area contributed by atoms with Crippen molar-refractivity contribution in [2.24, 2.45) is 10.9 Å². The lowest BCUT2D eigenvalue weighted by molar-refractivity contribution is -0.135. The fraction of sp³-hybridized carbons (Fsp3) is 0.667. The second-order valence-corrected chi connectivity index (χ2v) is 8.91. The number of nitrogens with zero attached hydrogens (tertiary/aromatic N) is 3. The second-order valence-electron chi connectivity index (χ2n) is 8.91. The van der Waals surface area contributed by atoms with Gasteiger partial charge in [-0.15, -0.1) is 0 Å². The number of guanidine groups is 1. The summed E-state index contributed by atoms with van der Waals surface area (Å²) < 4.78 is 0. The Kier molecular flexibility index (Phi) is 8.40. The Balaban J connectivity index is 1.36. The van der Waals surface area contributed by atoms with E-state index in [0.717, 1.165) is 57.7 Å². The third-order valence-corrected chi connectivity index (χ3v) is 6.41. The molecule has 3 rings (SSSR count). The summed E-state index contributed by atoms with van der Waals surface area (Å²) in [5.74, 6) is 1.49. The average molecular weight is 414 g/mol. The zero-order chi connectivity index (χ0) is 21.3. The molecule has 1 atom stereocenters. The topological polar surface area (TPSA) is 60.0 Å². The molecule has 2 N–H and O–H groups in total. The van der Waals surface area contributed by atoms with E-state index < -0.39 is 0 Å². The molecule has 2 fully saturated rings. The first kappa shape index (κ1) is 22.4. The Hall–Kier alpha value is -2.24. The van der Waals surface area contributed by atoms with Crippen LogP contribution in [0.4, 0.5) is 5.69 Å². The van der Waals surface area contributed by atoms with Crippen LogP contribution in [0.15, 0.2) is 29.3 Å². The van der Waals surface area contributed by atoms with Gasteiger partial charge in [-0.05, 0) is 49.8 Å². The Labute approximate surface area is 182 Å². The van der Waals surface area contributed by atoms with E-state index >= 15 is 0 Å². The van der Waals surface area contributed by atoms with Crippen molar-refractivity contribution in [2.75, 3.05) is 45.7 Å². The minimum Gasteiger partial charge on any atom is -0.378 e. The van der Waals surface area contributed by atoms with Crippen LogP contribution < -0.4 is 15.5 Å². The standard InChI is InChI=1S/C24H39N5O/c1-25-24(26-16-7-8-19-11-13-22(14-12-19)28(2)3)27-21-15-17-29(18-21)23(30)20-9-5-4-6-10-20/h11-14,20-21H,4-10,15-18H2,1-3H3,(H2,25,26,27). The summed E-state index contributed by atoms with van der Waals surface area (Å²) >= 11 is 0. The van der Waals surface area contributed by atoms with Gasteiger partial charge in [0.15, 0.2) is 5.96 Å². The molecule has 1 aliphatic heterocycles. The Bertz CT molecular complexity index is 694. The van der Waals surface area contributed by atoms with Crippen molar-refractivity contribution in [3.63, 3.8) is 0 Å². The maximum atomic E-state index is 12.8. The number of likely N-dealkylation sites (tertiary alicyclic amines) is 1. The summed E-state index contributed by atoms with van der Waals surface area (Å²) in [4.78, 5) is 21.3. The SMILES string of the molecule is CN=C(NCCCc1ccc(N(C)C)cc1)NC1CCN(C(=O)C2CCCCC2)C1. The molecule has 6 heteroatoms. The highest BCUT2D eigenvalue weighted by Crippen LogP contribution is 2.26. The van der Waals surface area contributed by atoms with E-state index in [4.69, 9.17) is 0 Å². The summed E-state index contributed by atoms with van der Waals surface area (Å²) in [5.41, 5.74) is 2.59. The molecule has 0 bridgehead atoms. The first-order valence-corrected chi connectivity index (χ1v) is 11.6. The first-order chi connectivity index (χ1) is 14.6. The number of hydrogen-bond donors (Lipinski definition) is 2. The zero-order valence-electron chi connectivity index (χ0n) is 19.0. The van der Waals surface area contributed by atoms with Crippen LogP contribution in [0.2, 0.25) is 0 Å².